The fourth-order valence-electron chi connectivity index (χ4n) is 2.50. The van der Waals surface area contributed by atoms with Gasteiger partial charge in [-0.1, -0.05) is 36.5 Å². The lowest BCUT2D eigenvalue weighted by atomic mass is 10.1. The number of hydrogen-bond acceptors (Lipinski definition) is 3. The van der Waals surface area contributed by atoms with Gasteiger partial charge in [0.25, 0.3) is 0 Å². The van der Waals surface area contributed by atoms with E-state index >= 15 is 0 Å². The van der Waals surface area contributed by atoms with Gasteiger partial charge in [0.05, 0.1) is 10.6 Å². The molecule has 0 saturated heterocycles. The molecule has 0 bridgehead atoms. The maximum absolute atomic E-state index is 12.4. The third kappa shape index (κ3) is 3.51. The number of aromatic carboxylic acids is 1. The Kier molecular flexibility index (Phi) is 4.82. The Morgan fingerprint density at radius 3 is 2.52 bits per heavy atom. The zero-order valence-electron chi connectivity index (χ0n) is 11.3. The Morgan fingerprint density at radius 2 is 2.00 bits per heavy atom. The van der Waals surface area contributed by atoms with Crippen LogP contribution in [-0.4, -0.2) is 25.5 Å². The Morgan fingerprint density at radius 1 is 1.33 bits per heavy atom. The first-order valence-corrected chi connectivity index (χ1v) is 8.71. The van der Waals surface area contributed by atoms with Crippen molar-refractivity contribution >= 4 is 39.2 Å². The van der Waals surface area contributed by atoms with E-state index in [1.165, 1.54) is 0 Å². The Hall–Kier alpha value is -0.820. The van der Waals surface area contributed by atoms with Gasteiger partial charge < -0.3 is 5.11 Å². The number of benzene rings is 1. The van der Waals surface area contributed by atoms with Crippen molar-refractivity contribution in [2.45, 2.75) is 37.1 Å². The highest BCUT2D eigenvalue weighted by Crippen LogP contribution is 2.31. The fraction of sp³-hybridized carbons (Fsp3) is 0.462. The SMILES string of the molecule is CC1CCCC1NS(=O)(=O)c1cc(Cl)cc(C(=O)O)c1Cl. The summed E-state index contributed by atoms with van der Waals surface area (Å²) in [6.07, 6.45) is 2.67. The normalized spacial score (nSPS) is 22.4. The summed E-state index contributed by atoms with van der Waals surface area (Å²) in [6.45, 7) is 1.97. The molecule has 1 saturated carbocycles. The quantitative estimate of drug-likeness (QED) is 0.872. The average molecular weight is 352 g/mol. The standard InChI is InChI=1S/C13H15Cl2NO4S/c1-7-3-2-4-10(7)16-21(19,20)11-6-8(14)5-9(12(11)15)13(17)18/h5-7,10,16H,2-4H2,1H3,(H,17,18). The van der Waals surface area contributed by atoms with Gasteiger partial charge in [0.15, 0.2) is 0 Å². The minimum Gasteiger partial charge on any atom is -0.478 e. The molecule has 21 heavy (non-hydrogen) atoms. The Bertz CT molecular complexity index is 675. The molecular weight excluding hydrogens is 337 g/mol. The lowest BCUT2D eigenvalue weighted by Gasteiger charge is -2.18. The van der Waals surface area contributed by atoms with Gasteiger partial charge in [-0.2, -0.15) is 0 Å². The monoisotopic (exact) mass is 351 g/mol. The molecule has 2 N–H and O–H groups in total. The zero-order chi connectivity index (χ0) is 15.8. The topological polar surface area (TPSA) is 83.5 Å². The second kappa shape index (κ2) is 6.12. The van der Waals surface area contributed by atoms with E-state index in [0.717, 1.165) is 31.4 Å². The molecular formula is C13H15Cl2NO4S. The van der Waals surface area contributed by atoms with Gasteiger partial charge in [-0.25, -0.2) is 17.9 Å². The summed E-state index contributed by atoms with van der Waals surface area (Å²) in [5, 5.41) is 8.73. The summed E-state index contributed by atoms with van der Waals surface area (Å²) in [4.78, 5) is 10.8. The van der Waals surface area contributed by atoms with Gasteiger partial charge in [0, 0.05) is 11.1 Å². The number of rotatable bonds is 4. The van der Waals surface area contributed by atoms with Crippen molar-refractivity contribution in [3.05, 3.63) is 27.7 Å². The van der Waals surface area contributed by atoms with Crippen molar-refractivity contribution in [3.8, 4) is 0 Å². The van der Waals surface area contributed by atoms with Crippen molar-refractivity contribution in [1.29, 1.82) is 0 Å². The molecule has 1 fully saturated rings. The van der Waals surface area contributed by atoms with Crippen molar-refractivity contribution in [2.75, 3.05) is 0 Å². The zero-order valence-corrected chi connectivity index (χ0v) is 13.6. The Labute approximate surface area is 133 Å². The molecule has 0 radical (unpaired) electrons. The maximum atomic E-state index is 12.4. The van der Waals surface area contributed by atoms with E-state index in [0.29, 0.717) is 0 Å². The number of carboxylic acids is 1. The van der Waals surface area contributed by atoms with Gasteiger partial charge in [-0.05, 0) is 30.9 Å². The van der Waals surface area contributed by atoms with E-state index in [4.69, 9.17) is 28.3 Å². The predicted molar refractivity (Wildman–Crippen MR) is 80.5 cm³/mol. The Balaban J connectivity index is 2.42. The third-order valence-corrected chi connectivity index (χ3v) is 5.94. The summed E-state index contributed by atoms with van der Waals surface area (Å²) in [5.41, 5.74) is -0.330. The van der Waals surface area contributed by atoms with Crippen LogP contribution in [-0.2, 0) is 10.0 Å². The number of carbonyl (C=O) groups is 1. The molecule has 2 rings (SSSR count). The van der Waals surface area contributed by atoms with E-state index in [2.05, 4.69) is 4.72 Å². The number of hydrogen-bond donors (Lipinski definition) is 2. The van der Waals surface area contributed by atoms with Crippen LogP contribution in [0.2, 0.25) is 10.0 Å². The molecule has 0 amide bonds. The maximum Gasteiger partial charge on any atom is 0.337 e. The van der Waals surface area contributed by atoms with E-state index in [9.17, 15) is 13.2 Å². The van der Waals surface area contributed by atoms with Crippen molar-refractivity contribution in [2.24, 2.45) is 5.92 Å². The molecule has 1 aliphatic carbocycles. The van der Waals surface area contributed by atoms with Gasteiger partial charge in [-0.3, -0.25) is 0 Å². The smallest absolute Gasteiger partial charge is 0.337 e. The summed E-state index contributed by atoms with van der Waals surface area (Å²) in [6, 6.07) is 2.13. The highest BCUT2D eigenvalue weighted by atomic mass is 35.5. The number of sulfonamides is 1. The molecule has 116 valence electrons. The van der Waals surface area contributed by atoms with Crippen LogP contribution < -0.4 is 4.72 Å². The molecule has 2 atom stereocenters. The summed E-state index contributed by atoms with van der Waals surface area (Å²) >= 11 is 11.7. The first kappa shape index (κ1) is 16.5. The highest BCUT2D eigenvalue weighted by molar-refractivity contribution is 7.89. The van der Waals surface area contributed by atoms with Crippen LogP contribution in [0.25, 0.3) is 0 Å². The minimum atomic E-state index is -3.92. The molecule has 1 aromatic rings. The van der Waals surface area contributed by atoms with Crippen molar-refractivity contribution in [1.82, 2.24) is 4.72 Å². The van der Waals surface area contributed by atoms with Crippen LogP contribution in [0.1, 0.15) is 36.5 Å². The average Bonchev–Trinajstić information content (AvgIpc) is 2.76. The summed E-state index contributed by atoms with van der Waals surface area (Å²) in [5.74, 6) is -1.09. The summed E-state index contributed by atoms with van der Waals surface area (Å²) < 4.78 is 27.5. The largest absolute Gasteiger partial charge is 0.478 e. The van der Waals surface area contributed by atoms with E-state index in [-0.39, 0.29) is 32.5 Å². The van der Waals surface area contributed by atoms with Crippen LogP contribution in [0.15, 0.2) is 17.0 Å². The van der Waals surface area contributed by atoms with Gasteiger partial charge in [-0.15, -0.1) is 0 Å². The lowest BCUT2D eigenvalue weighted by Crippen LogP contribution is -2.36. The second-order valence-electron chi connectivity index (χ2n) is 5.21. The van der Waals surface area contributed by atoms with Crippen LogP contribution in [0.4, 0.5) is 0 Å². The first-order chi connectivity index (χ1) is 9.72. The molecule has 0 aliphatic heterocycles. The van der Waals surface area contributed by atoms with Gasteiger partial charge >= 0.3 is 5.97 Å². The third-order valence-electron chi connectivity index (χ3n) is 3.69. The molecule has 1 aliphatic rings. The molecule has 0 heterocycles. The second-order valence-corrected chi connectivity index (χ2v) is 7.70. The molecule has 8 heteroatoms. The fourth-order valence-corrected chi connectivity index (χ4v) is 4.78. The molecule has 0 spiro atoms. The number of nitrogens with one attached hydrogen (secondary N) is 1. The molecule has 0 aromatic heterocycles. The molecule has 1 aromatic carbocycles. The summed E-state index contributed by atoms with van der Waals surface area (Å²) in [7, 11) is -3.92. The number of halogens is 2. The van der Waals surface area contributed by atoms with Crippen LogP contribution in [0, 0.1) is 5.92 Å². The van der Waals surface area contributed by atoms with Crippen molar-refractivity contribution < 1.29 is 18.3 Å². The van der Waals surface area contributed by atoms with Crippen molar-refractivity contribution in [3.63, 3.8) is 0 Å². The van der Waals surface area contributed by atoms with Crippen LogP contribution >= 0.6 is 23.2 Å². The van der Waals surface area contributed by atoms with Crippen LogP contribution in [0.5, 0.6) is 0 Å². The predicted octanol–water partition coefficient (Wildman–Crippen LogP) is 3.16. The lowest BCUT2D eigenvalue weighted by molar-refractivity contribution is 0.0697. The highest BCUT2D eigenvalue weighted by Gasteiger charge is 2.30. The van der Waals surface area contributed by atoms with E-state index in [1.807, 2.05) is 6.92 Å². The molecule has 5 nitrogen and oxygen atoms in total. The van der Waals surface area contributed by atoms with E-state index < -0.39 is 16.0 Å². The van der Waals surface area contributed by atoms with Crippen LogP contribution in [0.3, 0.4) is 0 Å². The first-order valence-electron chi connectivity index (χ1n) is 6.47. The minimum absolute atomic E-state index is 0.0108. The van der Waals surface area contributed by atoms with Gasteiger partial charge in [0.1, 0.15) is 4.90 Å². The van der Waals surface area contributed by atoms with E-state index in [1.54, 1.807) is 0 Å². The molecule has 2 unspecified atom stereocenters. The van der Waals surface area contributed by atoms with Gasteiger partial charge in [0.2, 0.25) is 10.0 Å². The number of carboxylic acid groups (broad SMARTS) is 1.